The number of carbonyl (C=O) groups excluding carboxylic acids is 1. The van der Waals surface area contributed by atoms with E-state index in [9.17, 15) is 4.79 Å². The number of hydrogen-bond donors (Lipinski definition) is 1. The van der Waals surface area contributed by atoms with E-state index in [0.717, 1.165) is 28.7 Å². The number of nitrogens with two attached hydrogens (primary N) is 1. The summed E-state index contributed by atoms with van der Waals surface area (Å²) in [7, 11) is 0. The van der Waals surface area contributed by atoms with Crippen molar-refractivity contribution in [1.29, 1.82) is 0 Å². The first-order valence-corrected chi connectivity index (χ1v) is 5.95. The molecule has 4 heteroatoms. The normalized spacial score (nSPS) is 19.6. The lowest BCUT2D eigenvalue weighted by Gasteiger charge is -2.14. The Morgan fingerprint density at radius 3 is 2.83 bits per heavy atom. The molecule has 0 aliphatic carbocycles. The monoisotopic (exact) mass is 247 g/mol. The first-order chi connectivity index (χ1) is 8.58. The van der Waals surface area contributed by atoms with E-state index < -0.39 is 5.91 Å². The topological polar surface area (TPSA) is 61.6 Å². The Hall–Kier alpha value is -1.65. The molecule has 4 nitrogen and oxygen atoms in total. The highest BCUT2D eigenvalue weighted by Crippen LogP contribution is 2.31. The molecule has 0 saturated carbocycles. The summed E-state index contributed by atoms with van der Waals surface area (Å²) in [5.41, 5.74) is 9.42. The van der Waals surface area contributed by atoms with Gasteiger partial charge in [-0.15, -0.1) is 0 Å². The fraction of sp³-hybridized carbons (Fsp3) is 0.357. The first kappa shape index (κ1) is 12.8. The van der Waals surface area contributed by atoms with Crippen molar-refractivity contribution in [1.82, 2.24) is 0 Å². The van der Waals surface area contributed by atoms with Crippen LogP contribution >= 0.6 is 0 Å². The number of primary amides is 1. The van der Waals surface area contributed by atoms with E-state index in [-0.39, 0.29) is 6.10 Å². The summed E-state index contributed by atoms with van der Waals surface area (Å²) < 4.78 is 0. The number of aryl methyl sites for hydroxylation is 1. The molecular weight excluding hydrogens is 230 g/mol. The van der Waals surface area contributed by atoms with Gasteiger partial charge in [0.1, 0.15) is 6.10 Å². The molecule has 0 bridgehead atoms. The standard InChI is InChI=1S/C14H17NO3/c1-9-7-11(3-4-14(15)16)10(2)12(8-9)13-5-6-17-18-13/h3-4,7-8,13H,5-6H2,1-2H3,(H2,15,16). The van der Waals surface area contributed by atoms with E-state index in [1.807, 2.05) is 19.9 Å². The second kappa shape index (κ2) is 5.33. The Bertz CT molecular complexity index is 488. The Morgan fingerprint density at radius 2 is 2.22 bits per heavy atom. The van der Waals surface area contributed by atoms with E-state index >= 15 is 0 Å². The summed E-state index contributed by atoms with van der Waals surface area (Å²) >= 11 is 0. The molecule has 1 heterocycles. The molecule has 1 unspecified atom stereocenters. The van der Waals surface area contributed by atoms with Crippen LogP contribution in [0.25, 0.3) is 6.08 Å². The van der Waals surface area contributed by atoms with Crippen LogP contribution in [0.5, 0.6) is 0 Å². The molecular formula is C14H17NO3. The van der Waals surface area contributed by atoms with Crippen LogP contribution in [0.15, 0.2) is 18.2 Å². The lowest BCUT2D eigenvalue weighted by molar-refractivity contribution is -0.276. The molecule has 0 spiro atoms. The quantitative estimate of drug-likeness (QED) is 0.658. The zero-order valence-corrected chi connectivity index (χ0v) is 10.6. The van der Waals surface area contributed by atoms with Crippen molar-refractivity contribution in [3.63, 3.8) is 0 Å². The van der Waals surface area contributed by atoms with Gasteiger partial charge >= 0.3 is 0 Å². The van der Waals surface area contributed by atoms with Crippen LogP contribution in [0.4, 0.5) is 0 Å². The molecule has 1 aromatic rings. The molecule has 2 rings (SSSR count). The average Bonchev–Trinajstić information content (AvgIpc) is 2.83. The van der Waals surface area contributed by atoms with Crippen molar-refractivity contribution < 1.29 is 14.6 Å². The molecule has 1 amide bonds. The fourth-order valence-electron chi connectivity index (χ4n) is 2.14. The molecule has 18 heavy (non-hydrogen) atoms. The Labute approximate surface area is 106 Å². The molecule has 96 valence electrons. The van der Waals surface area contributed by atoms with Crippen LogP contribution in [-0.4, -0.2) is 12.5 Å². The smallest absolute Gasteiger partial charge is 0.241 e. The molecule has 1 fully saturated rings. The SMILES string of the molecule is Cc1cc(C=CC(N)=O)c(C)c(C2CCOO2)c1. The van der Waals surface area contributed by atoms with Crippen LogP contribution in [0, 0.1) is 13.8 Å². The molecule has 1 aromatic carbocycles. The summed E-state index contributed by atoms with van der Waals surface area (Å²) in [4.78, 5) is 21.0. The first-order valence-electron chi connectivity index (χ1n) is 5.95. The highest BCUT2D eigenvalue weighted by Gasteiger charge is 2.22. The van der Waals surface area contributed by atoms with Gasteiger partial charge in [0.2, 0.25) is 5.91 Å². The van der Waals surface area contributed by atoms with E-state index in [1.165, 1.54) is 6.08 Å². The molecule has 1 aliphatic rings. The summed E-state index contributed by atoms with van der Waals surface area (Å²) in [5, 5.41) is 0. The van der Waals surface area contributed by atoms with Crippen molar-refractivity contribution in [2.75, 3.05) is 6.61 Å². The van der Waals surface area contributed by atoms with Crippen molar-refractivity contribution in [2.24, 2.45) is 5.73 Å². The third-order valence-electron chi connectivity index (χ3n) is 3.05. The lowest BCUT2D eigenvalue weighted by Crippen LogP contribution is -2.06. The highest BCUT2D eigenvalue weighted by atomic mass is 17.2. The van der Waals surface area contributed by atoms with Crippen LogP contribution in [-0.2, 0) is 14.6 Å². The van der Waals surface area contributed by atoms with Gasteiger partial charge in [0.15, 0.2) is 0 Å². The highest BCUT2D eigenvalue weighted by molar-refractivity contribution is 5.90. The van der Waals surface area contributed by atoms with Gasteiger partial charge in [-0.2, -0.15) is 0 Å². The van der Waals surface area contributed by atoms with Crippen LogP contribution in [0.1, 0.15) is 34.8 Å². The molecule has 0 aromatic heterocycles. The predicted molar refractivity (Wildman–Crippen MR) is 68.5 cm³/mol. The fourth-order valence-corrected chi connectivity index (χ4v) is 2.14. The minimum absolute atomic E-state index is 0.0226. The molecule has 0 radical (unpaired) electrons. The van der Waals surface area contributed by atoms with E-state index in [2.05, 4.69) is 6.07 Å². The lowest BCUT2D eigenvalue weighted by atomic mass is 9.94. The van der Waals surface area contributed by atoms with Crippen molar-refractivity contribution >= 4 is 12.0 Å². The zero-order valence-electron chi connectivity index (χ0n) is 10.6. The van der Waals surface area contributed by atoms with Gasteiger partial charge in [-0.3, -0.25) is 4.79 Å². The molecule has 1 atom stereocenters. The predicted octanol–water partition coefficient (Wildman–Crippen LogP) is 2.19. The van der Waals surface area contributed by atoms with Crippen molar-refractivity contribution in [3.8, 4) is 0 Å². The maximum atomic E-state index is 10.8. The number of amides is 1. The van der Waals surface area contributed by atoms with E-state index in [0.29, 0.717) is 6.61 Å². The number of rotatable bonds is 3. The van der Waals surface area contributed by atoms with E-state index in [4.69, 9.17) is 15.5 Å². The van der Waals surface area contributed by atoms with Gasteiger partial charge in [-0.05, 0) is 36.6 Å². The molecule has 1 aliphatic heterocycles. The second-order valence-corrected chi connectivity index (χ2v) is 4.50. The Kier molecular flexibility index (Phi) is 3.79. The number of hydrogen-bond acceptors (Lipinski definition) is 3. The van der Waals surface area contributed by atoms with Gasteiger partial charge in [-0.25, -0.2) is 9.78 Å². The number of carbonyl (C=O) groups is 1. The summed E-state index contributed by atoms with van der Waals surface area (Å²) in [5.74, 6) is -0.446. The Morgan fingerprint density at radius 1 is 1.44 bits per heavy atom. The van der Waals surface area contributed by atoms with Crippen LogP contribution < -0.4 is 5.73 Å². The largest absolute Gasteiger partial charge is 0.366 e. The minimum atomic E-state index is -0.446. The Balaban J connectivity index is 2.38. The maximum absolute atomic E-state index is 10.8. The van der Waals surface area contributed by atoms with Gasteiger partial charge in [0, 0.05) is 12.5 Å². The van der Waals surface area contributed by atoms with Crippen molar-refractivity contribution in [2.45, 2.75) is 26.4 Å². The van der Waals surface area contributed by atoms with E-state index in [1.54, 1.807) is 6.08 Å². The molecule has 1 saturated heterocycles. The van der Waals surface area contributed by atoms with Gasteiger partial charge in [-0.1, -0.05) is 17.7 Å². The molecule has 2 N–H and O–H groups in total. The van der Waals surface area contributed by atoms with Crippen molar-refractivity contribution in [3.05, 3.63) is 40.5 Å². The van der Waals surface area contributed by atoms with Gasteiger partial charge in [0.25, 0.3) is 0 Å². The van der Waals surface area contributed by atoms with Crippen LogP contribution in [0.3, 0.4) is 0 Å². The third kappa shape index (κ3) is 2.78. The number of benzene rings is 1. The summed E-state index contributed by atoms with van der Waals surface area (Å²) in [6.45, 7) is 4.64. The minimum Gasteiger partial charge on any atom is -0.366 e. The van der Waals surface area contributed by atoms with Gasteiger partial charge in [0.05, 0.1) is 6.61 Å². The average molecular weight is 247 g/mol. The summed E-state index contributed by atoms with van der Waals surface area (Å²) in [6, 6.07) is 4.12. The maximum Gasteiger partial charge on any atom is 0.241 e. The van der Waals surface area contributed by atoms with Crippen LogP contribution in [0.2, 0.25) is 0 Å². The second-order valence-electron chi connectivity index (χ2n) is 4.50. The summed E-state index contributed by atoms with van der Waals surface area (Å²) in [6.07, 6.45) is 3.94. The van der Waals surface area contributed by atoms with Gasteiger partial charge < -0.3 is 5.73 Å². The third-order valence-corrected chi connectivity index (χ3v) is 3.05. The zero-order chi connectivity index (χ0) is 13.1.